The van der Waals surface area contributed by atoms with E-state index in [1.807, 2.05) is 0 Å². The van der Waals surface area contributed by atoms with Crippen LogP contribution in [0.4, 0.5) is 5.69 Å². The summed E-state index contributed by atoms with van der Waals surface area (Å²) in [6.45, 7) is 2.31. The molecule has 1 nitrogen and oxygen atoms in total. The summed E-state index contributed by atoms with van der Waals surface area (Å²) in [6.07, 6.45) is 2.57. The Balaban J connectivity index is 1.76. The third-order valence-corrected chi connectivity index (χ3v) is 4.41. The van der Waals surface area contributed by atoms with Gasteiger partial charge in [0.2, 0.25) is 0 Å². The van der Waals surface area contributed by atoms with Crippen molar-refractivity contribution in [1.82, 2.24) is 0 Å². The summed E-state index contributed by atoms with van der Waals surface area (Å²) in [5, 5.41) is 0. The topological polar surface area (TPSA) is 3.24 Å². The molecule has 1 aliphatic rings. The molecule has 3 rings (SSSR count). The second-order valence-corrected chi connectivity index (χ2v) is 6.09. The number of halogens is 1. The van der Waals surface area contributed by atoms with Crippen molar-refractivity contribution in [1.29, 1.82) is 0 Å². The van der Waals surface area contributed by atoms with Gasteiger partial charge in [-0.15, -0.1) is 0 Å². The number of piperidine rings is 1. The van der Waals surface area contributed by atoms with Gasteiger partial charge in [-0.05, 0) is 42.7 Å². The molecule has 2 aromatic rings. The summed E-state index contributed by atoms with van der Waals surface area (Å²) in [4.78, 5) is 2.51. The Labute approximate surface area is 123 Å². The van der Waals surface area contributed by atoms with E-state index in [1.165, 1.54) is 30.6 Å². The van der Waals surface area contributed by atoms with Crippen molar-refractivity contribution < 1.29 is 0 Å². The zero-order valence-corrected chi connectivity index (χ0v) is 12.5. The lowest BCUT2D eigenvalue weighted by Gasteiger charge is -2.34. The summed E-state index contributed by atoms with van der Waals surface area (Å²) < 4.78 is 1.16. The molecule has 2 aromatic carbocycles. The zero-order valence-electron chi connectivity index (χ0n) is 10.9. The molecule has 19 heavy (non-hydrogen) atoms. The predicted molar refractivity (Wildman–Crippen MR) is 84.8 cm³/mol. The SMILES string of the molecule is Brc1ccc(C2CCCN(c3ccccc3)C2)cc1. The van der Waals surface area contributed by atoms with Crippen molar-refractivity contribution >= 4 is 21.6 Å². The minimum atomic E-state index is 0.655. The maximum absolute atomic E-state index is 3.51. The van der Waals surface area contributed by atoms with Gasteiger partial charge in [-0.2, -0.15) is 0 Å². The summed E-state index contributed by atoms with van der Waals surface area (Å²) in [6, 6.07) is 19.6. The first-order valence-corrected chi connectivity index (χ1v) is 7.68. The van der Waals surface area contributed by atoms with Crippen molar-refractivity contribution in [2.24, 2.45) is 0 Å². The molecule has 1 heterocycles. The maximum atomic E-state index is 3.51. The Hall–Kier alpha value is -1.28. The smallest absolute Gasteiger partial charge is 0.0366 e. The minimum absolute atomic E-state index is 0.655. The molecule has 98 valence electrons. The van der Waals surface area contributed by atoms with Gasteiger partial charge < -0.3 is 4.90 Å². The fraction of sp³-hybridized carbons (Fsp3) is 0.294. The van der Waals surface area contributed by atoms with Crippen LogP contribution in [0.5, 0.6) is 0 Å². The lowest BCUT2D eigenvalue weighted by molar-refractivity contribution is 0.510. The van der Waals surface area contributed by atoms with Gasteiger partial charge >= 0.3 is 0 Å². The fourth-order valence-corrected chi connectivity index (χ4v) is 3.12. The molecule has 0 radical (unpaired) electrons. The number of nitrogens with zero attached hydrogens (tertiary/aromatic N) is 1. The van der Waals surface area contributed by atoms with Crippen LogP contribution in [-0.2, 0) is 0 Å². The Morgan fingerprint density at radius 2 is 1.68 bits per heavy atom. The van der Waals surface area contributed by atoms with Gasteiger partial charge in [0.05, 0.1) is 0 Å². The van der Waals surface area contributed by atoms with Crippen LogP contribution in [0.25, 0.3) is 0 Å². The molecular formula is C17H18BrN. The van der Waals surface area contributed by atoms with E-state index < -0.39 is 0 Å². The van der Waals surface area contributed by atoms with Crippen molar-refractivity contribution in [2.45, 2.75) is 18.8 Å². The summed E-state index contributed by atoms with van der Waals surface area (Å²) in [5.74, 6) is 0.655. The number of benzene rings is 2. The maximum Gasteiger partial charge on any atom is 0.0366 e. The summed E-state index contributed by atoms with van der Waals surface area (Å²) in [5.41, 5.74) is 2.81. The number of hydrogen-bond donors (Lipinski definition) is 0. The molecule has 0 spiro atoms. The van der Waals surface area contributed by atoms with Gasteiger partial charge in [0.25, 0.3) is 0 Å². The number of rotatable bonds is 2. The molecule has 1 atom stereocenters. The molecule has 0 amide bonds. The van der Waals surface area contributed by atoms with Gasteiger partial charge in [0.1, 0.15) is 0 Å². The van der Waals surface area contributed by atoms with Crippen molar-refractivity contribution in [2.75, 3.05) is 18.0 Å². The van der Waals surface area contributed by atoms with Crippen molar-refractivity contribution in [3.63, 3.8) is 0 Å². The van der Waals surface area contributed by atoms with Crippen LogP contribution >= 0.6 is 15.9 Å². The molecule has 1 unspecified atom stereocenters. The molecule has 1 aliphatic heterocycles. The van der Waals surface area contributed by atoms with Gasteiger partial charge in [0.15, 0.2) is 0 Å². The van der Waals surface area contributed by atoms with Crippen LogP contribution in [-0.4, -0.2) is 13.1 Å². The second-order valence-electron chi connectivity index (χ2n) is 5.17. The molecule has 0 bridgehead atoms. The molecule has 1 fully saturated rings. The highest BCUT2D eigenvalue weighted by Gasteiger charge is 2.21. The van der Waals surface area contributed by atoms with E-state index >= 15 is 0 Å². The Kier molecular flexibility index (Phi) is 3.88. The van der Waals surface area contributed by atoms with Gasteiger partial charge in [0, 0.05) is 29.2 Å². The molecular weight excluding hydrogens is 298 g/mol. The first-order valence-electron chi connectivity index (χ1n) is 6.88. The first-order chi connectivity index (χ1) is 9.33. The predicted octanol–water partition coefficient (Wildman–Crippen LogP) is 4.83. The highest BCUT2D eigenvalue weighted by molar-refractivity contribution is 9.10. The fourth-order valence-electron chi connectivity index (χ4n) is 2.86. The molecule has 1 saturated heterocycles. The van der Waals surface area contributed by atoms with Gasteiger partial charge in [-0.25, -0.2) is 0 Å². The average molecular weight is 316 g/mol. The highest BCUT2D eigenvalue weighted by Crippen LogP contribution is 2.30. The van der Waals surface area contributed by atoms with Crippen LogP contribution in [0.2, 0.25) is 0 Å². The third kappa shape index (κ3) is 3.01. The first kappa shape index (κ1) is 12.7. The van der Waals surface area contributed by atoms with E-state index in [2.05, 4.69) is 75.4 Å². The lowest BCUT2D eigenvalue weighted by atomic mass is 9.90. The zero-order chi connectivity index (χ0) is 13.1. The molecule has 0 aliphatic carbocycles. The monoisotopic (exact) mass is 315 g/mol. The van der Waals surface area contributed by atoms with E-state index in [0.717, 1.165) is 11.0 Å². The number of para-hydroxylation sites is 1. The second kappa shape index (κ2) is 5.79. The lowest BCUT2D eigenvalue weighted by Crippen LogP contribution is -2.34. The van der Waals surface area contributed by atoms with E-state index in [9.17, 15) is 0 Å². The largest absolute Gasteiger partial charge is 0.371 e. The molecule has 0 saturated carbocycles. The van der Waals surface area contributed by atoms with E-state index in [-0.39, 0.29) is 0 Å². The van der Waals surface area contributed by atoms with E-state index in [1.54, 1.807) is 0 Å². The summed E-state index contributed by atoms with van der Waals surface area (Å²) >= 11 is 3.51. The molecule has 2 heteroatoms. The third-order valence-electron chi connectivity index (χ3n) is 3.88. The van der Waals surface area contributed by atoms with Gasteiger partial charge in [-0.3, -0.25) is 0 Å². The average Bonchev–Trinajstić information content (AvgIpc) is 2.49. The standard InChI is InChI=1S/C17H18BrN/c18-16-10-8-14(9-11-16)15-5-4-12-19(13-15)17-6-2-1-3-7-17/h1-3,6-11,15H,4-5,12-13H2. The van der Waals surface area contributed by atoms with E-state index in [4.69, 9.17) is 0 Å². The van der Waals surface area contributed by atoms with Crippen LogP contribution in [0.15, 0.2) is 59.1 Å². The molecule has 0 aromatic heterocycles. The van der Waals surface area contributed by atoms with Crippen LogP contribution in [0.3, 0.4) is 0 Å². The number of hydrogen-bond acceptors (Lipinski definition) is 1. The normalized spacial score (nSPS) is 19.4. The van der Waals surface area contributed by atoms with Gasteiger partial charge in [-0.1, -0.05) is 46.3 Å². The highest BCUT2D eigenvalue weighted by atomic mass is 79.9. The molecule has 0 N–H and O–H groups in total. The van der Waals surface area contributed by atoms with Crippen LogP contribution in [0.1, 0.15) is 24.3 Å². The quantitative estimate of drug-likeness (QED) is 0.767. The van der Waals surface area contributed by atoms with Crippen LogP contribution in [0, 0.1) is 0 Å². The van der Waals surface area contributed by atoms with Crippen molar-refractivity contribution in [3.05, 3.63) is 64.6 Å². The van der Waals surface area contributed by atoms with Crippen molar-refractivity contribution in [3.8, 4) is 0 Å². The Bertz CT molecular complexity index is 521. The number of anilines is 1. The summed E-state index contributed by atoms with van der Waals surface area (Å²) in [7, 11) is 0. The van der Waals surface area contributed by atoms with Crippen LogP contribution < -0.4 is 4.90 Å². The Morgan fingerprint density at radius 3 is 2.42 bits per heavy atom. The Morgan fingerprint density at radius 1 is 0.947 bits per heavy atom. The minimum Gasteiger partial charge on any atom is -0.371 e. The van der Waals surface area contributed by atoms with E-state index in [0.29, 0.717) is 5.92 Å².